The Balaban J connectivity index is 0.00000196. The summed E-state index contributed by atoms with van der Waals surface area (Å²) in [6.45, 7) is 1.45. The number of hydrogen-bond donors (Lipinski definition) is 1. The van der Waals surface area contributed by atoms with Gasteiger partial charge in [-0.1, -0.05) is 6.07 Å². The second-order valence-electron chi connectivity index (χ2n) is 2.72. The van der Waals surface area contributed by atoms with Crippen LogP contribution in [0.4, 0.5) is 0 Å². The first kappa shape index (κ1) is 15.4. The Morgan fingerprint density at radius 1 is 1.40 bits per heavy atom. The van der Waals surface area contributed by atoms with Crippen molar-refractivity contribution in [1.29, 1.82) is 0 Å². The molecule has 0 unspecified atom stereocenters. The number of ether oxygens (including phenoxy) is 1. The first-order valence-electron chi connectivity index (χ1n) is 3.70. The molecule has 0 saturated heterocycles. The monoisotopic (exact) mass is 256 g/mol. The van der Waals surface area contributed by atoms with E-state index in [0.29, 0.717) is 0 Å². The van der Waals surface area contributed by atoms with E-state index in [-0.39, 0.29) is 68.4 Å². The zero-order valence-electron chi connectivity index (χ0n) is 8.64. The van der Waals surface area contributed by atoms with E-state index in [4.69, 9.17) is 0 Å². The van der Waals surface area contributed by atoms with E-state index in [1.807, 2.05) is 0 Å². The summed E-state index contributed by atoms with van der Waals surface area (Å²) in [5.41, 5.74) is 0.245. The van der Waals surface area contributed by atoms with Crippen molar-refractivity contribution in [3.05, 3.63) is 17.7 Å². The fourth-order valence-corrected chi connectivity index (χ4v) is 2.04. The molecule has 0 aliphatic rings. The third-order valence-corrected chi connectivity index (χ3v) is 2.75. The minimum atomic E-state index is -4.63. The topological polar surface area (TPSA) is 86.7 Å². The van der Waals surface area contributed by atoms with Crippen LogP contribution in [-0.2, 0) is 10.1 Å². The predicted molar refractivity (Wildman–Crippen MR) is 47.4 cm³/mol. The van der Waals surface area contributed by atoms with Crippen LogP contribution in [-0.4, -0.2) is 25.2 Å². The van der Waals surface area contributed by atoms with E-state index >= 15 is 0 Å². The third-order valence-electron chi connectivity index (χ3n) is 1.74. The van der Waals surface area contributed by atoms with Gasteiger partial charge >= 0.3 is 51.4 Å². The van der Waals surface area contributed by atoms with Gasteiger partial charge in [0.25, 0.3) is 0 Å². The summed E-state index contributed by atoms with van der Waals surface area (Å²) in [6.07, 6.45) is 0. The van der Waals surface area contributed by atoms with Gasteiger partial charge in [-0.2, -0.15) is 0 Å². The van der Waals surface area contributed by atoms with Gasteiger partial charge in [-0.25, -0.2) is 8.42 Å². The molecular formula is C8H9KO5S. The van der Waals surface area contributed by atoms with Gasteiger partial charge in [0, 0.05) is 0 Å². The van der Waals surface area contributed by atoms with Crippen LogP contribution in [0.2, 0.25) is 0 Å². The number of phenolic OH excluding ortho intramolecular Hbond substituents is 1. The van der Waals surface area contributed by atoms with E-state index in [9.17, 15) is 18.1 Å². The Labute approximate surface area is 131 Å². The standard InChI is InChI=1S/C8H10O5S.K/c1-5-3-4-6(9)7(13-2)8(5)14(10,11)12;/h3-4,9H,1-2H3,(H,10,11,12);/q;+1/p-1. The molecule has 0 bridgehead atoms. The van der Waals surface area contributed by atoms with E-state index in [2.05, 4.69) is 4.74 Å². The molecule has 0 saturated carbocycles. The van der Waals surface area contributed by atoms with Gasteiger partial charge in [-0.3, -0.25) is 0 Å². The van der Waals surface area contributed by atoms with Gasteiger partial charge in [-0.15, -0.1) is 0 Å². The molecule has 1 rings (SSSR count). The molecule has 0 aliphatic heterocycles. The van der Waals surface area contributed by atoms with Crippen molar-refractivity contribution in [2.75, 3.05) is 7.11 Å². The Kier molecular flexibility index (Phi) is 5.76. The molecule has 0 aliphatic carbocycles. The molecule has 5 nitrogen and oxygen atoms in total. The summed E-state index contributed by atoms with van der Waals surface area (Å²) < 4.78 is 37.2. The summed E-state index contributed by atoms with van der Waals surface area (Å²) in [6, 6.07) is 2.60. The molecule has 0 fully saturated rings. The molecule has 0 amide bonds. The maximum absolute atomic E-state index is 10.8. The largest absolute Gasteiger partial charge is 1.00 e. The van der Waals surface area contributed by atoms with Gasteiger partial charge in [0.15, 0.2) is 11.5 Å². The summed E-state index contributed by atoms with van der Waals surface area (Å²) in [7, 11) is -3.45. The molecule has 7 heteroatoms. The van der Waals surface area contributed by atoms with Crippen molar-refractivity contribution in [3.63, 3.8) is 0 Å². The molecule has 1 aromatic rings. The molecule has 0 spiro atoms. The van der Waals surface area contributed by atoms with E-state index in [0.717, 1.165) is 0 Å². The molecule has 0 heterocycles. The first-order valence-corrected chi connectivity index (χ1v) is 5.11. The zero-order valence-corrected chi connectivity index (χ0v) is 12.6. The van der Waals surface area contributed by atoms with Crippen molar-refractivity contribution in [3.8, 4) is 11.5 Å². The fraction of sp³-hybridized carbons (Fsp3) is 0.250. The van der Waals surface area contributed by atoms with Gasteiger partial charge in [0.1, 0.15) is 15.0 Å². The van der Waals surface area contributed by atoms with Crippen LogP contribution in [0.1, 0.15) is 5.56 Å². The van der Waals surface area contributed by atoms with Crippen molar-refractivity contribution in [1.82, 2.24) is 0 Å². The molecule has 0 atom stereocenters. The van der Waals surface area contributed by atoms with Crippen LogP contribution >= 0.6 is 0 Å². The fourth-order valence-electron chi connectivity index (χ4n) is 1.16. The molecule has 78 valence electrons. The Bertz CT molecular complexity index is 454. The molecular weight excluding hydrogens is 247 g/mol. The van der Waals surface area contributed by atoms with E-state index < -0.39 is 15.0 Å². The predicted octanol–water partition coefficient (Wildman–Crippen LogP) is -2.38. The summed E-state index contributed by atoms with van der Waals surface area (Å²) >= 11 is 0. The quantitative estimate of drug-likeness (QED) is 0.471. The first-order chi connectivity index (χ1) is 6.38. The Morgan fingerprint density at radius 3 is 2.27 bits per heavy atom. The molecule has 1 N–H and O–H groups in total. The number of rotatable bonds is 2. The van der Waals surface area contributed by atoms with Crippen LogP contribution in [0, 0.1) is 6.92 Å². The Hall–Kier alpha value is 0.366. The second-order valence-corrected chi connectivity index (χ2v) is 4.03. The van der Waals surface area contributed by atoms with E-state index in [1.165, 1.54) is 26.2 Å². The number of benzene rings is 1. The minimum absolute atomic E-state index is 0. The molecule has 0 radical (unpaired) electrons. The summed E-state index contributed by atoms with van der Waals surface area (Å²) in [4.78, 5) is -0.514. The van der Waals surface area contributed by atoms with Crippen LogP contribution in [0.3, 0.4) is 0 Å². The van der Waals surface area contributed by atoms with Crippen LogP contribution in [0.25, 0.3) is 0 Å². The number of aryl methyl sites for hydroxylation is 1. The van der Waals surface area contributed by atoms with Crippen LogP contribution < -0.4 is 56.1 Å². The van der Waals surface area contributed by atoms with Crippen molar-refractivity contribution in [2.45, 2.75) is 11.8 Å². The molecule has 1 aromatic carbocycles. The summed E-state index contributed by atoms with van der Waals surface area (Å²) in [5.74, 6) is -0.674. The van der Waals surface area contributed by atoms with E-state index in [1.54, 1.807) is 0 Å². The van der Waals surface area contributed by atoms with Crippen LogP contribution in [0.5, 0.6) is 11.5 Å². The molecule has 15 heavy (non-hydrogen) atoms. The van der Waals surface area contributed by atoms with Crippen LogP contribution in [0.15, 0.2) is 17.0 Å². The maximum Gasteiger partial charge on any atom is 1.00 e. The second kappa shape index (κ2) is 5.62. The van der Waals surface area contributed by atoms with Crippen molar-refractivity contribution in [2.24, 2.45) is 0 Å². The number of hydrogen-bond acceptors (Lipinski definition) is 5. The normalized spacial score (nSPS) is 10.6. The third kappa shape index (κ3) is 3.41. The average Bonchev–Trinajstić information content (AvgIpc) is 2.06. The van der Waals surface area contributed by atoms with Gasteiger partial charge in [0.05, 0.1) is 7.11 Å². The van der Waals surface area contributed by atoms with Gasteiger partial charge in [0.2, 0.25) is 0 Å². The number of aromatic hydroxyl groups is 1. The number of methoxy groups -OCH3 is 1. The summed E-state index contributed by atoms with van der Waals surface area (Å²) in [5, 5.41) is 9.25. The number of phenols is 1. The smallest absolute Gasteiger partial charge is 0.744 e. The van der Waals surface area contributed by atoms with Gasteiger partial charge < -0.3 is 14.4 Å². The van der Waals surface area contributed by atoms with Crippen molar-refractivity contribution < 1.29 is 74.2 Å². The zero-order chi connectivity index (χ0) is 10.9. The Morgan fingerprint density at radius 2 is 1.93 bits per heavy atom. The minimum Gasteiger partial charge on any atom is -0.744 e. The van der Waals surface area contributed by atoms with Gasteiger partial charge in [-0.05, 0) is 18.6 Å². The van der Waals surface area contributed by atoms with Crippen molar-refractivity contribution >= 4 is 10.1 Å². The SMILES string of the molecule is COc1c(O)ccc(C)c1S(=O)(=O)[O-].[K+]. The maximum atomic E-state index is 10.8. The average molecular weight is 256 g/mol. The molecule has 0 aromatic heterocycles.